The van der Waals surface area contributed by atoms with Crippen molar-refractivity contribution >= 4 is 29.3 Å². The van der Waals surface area contributed by atoms with Crippen LogP contribution in [0.2, 0.25) is 0 Å². The average molecular weight is 441 g/mol. The molecule has 7 heteroatoms. The summed E-state index contributed by atoms with van der Waals surface area (Å²) in [6.45, 7) is 1.75. The predicted octanol–water partition coefficient (Wildman–Crippen LogP) is 4.66. The number of esters is 1. The molecule has 0 unspecified atom stereocenters. The molecular weight excluding hydrogens is 418 g/mol. The standard InChI is InChI=1S/C26H23N3O4/c1-17-22(24(30)27-20-9-5-3-6-10-20)23(18-13-15-19(16-14-18)25(31)33-2)28-26(32)29(17)21-11-7-4-8-12-21/h3-16,23H,1-2H3,(H,27,30)(H,28,32)/t23-/m0/s1. The Morgan fingerprint density at radius 2 is 1.52 bits per heavy atom. The fraction of sp³-hybridized carbons (Fsp3) is 0.115. The van der Waals surface area contributed by atoms with Crippen molar-refractivity contribution in [3.8, 4) is 0 Å². The van der Waals surface area contributed by atoms with Crippen LogP contribution in [0.4, 0.5) is 16.2 Å². The van der Waals surface area contributed by atoms with Gasteiger partial charge in [0.25, 0.3) is 5.91 Å². The van der Waals surface area contributed by atoms with E-state index in [1.807, 2.05) is 36.4 Å². The molecule has 3 amide bonds. The molecule has 33 heavy (non-hydrogen) atoms. The van der Waals surface area contributed by atoms with E-state index in [9.17, 15) is 14.4 Å². The van der Waals surface area contributed by atoms with Crippen LogP contribution in [0.5, 0.6) is 0 Å². The maximum Gasteiger partial charge on any atom is 0.337 e. The second-order valence-electron chi connectivity index (χ2n) is 7.49. The van der Waals surface area contributed by atoms with Crippen molar-refractivity contribution in [2.45, 2.75) is 13.0 Å². The first-order valence-corrected chi connectivity index (χ1v) is 10.4. The number of nitrogens with one attached hydrogen (secondary N) is 2. The number of anilines is 2. The van der Waals surface area contributed by atoms with Gasteiger partial charge in [-0.1, -0.05) is 48.5 Å². The second-order valence-corrected chi connectivity index (χ2v) is 7.49. The van der Waals surface area contributed by atoms with Crippen LogP contribution >= 0.6 is 0 Å². The molecule has 0 fully saturated rings. The zero-order valence-corrected chi connectivity index (χ0v) is 18.2. The quantitative estimate of drug-likeness (QED) is 0.564. The van der Waals surface area contributed by atoms with Crippen molar-refractivity contribution in [2.24, 2.45) is 0 Å². The highest BCUT2D eigenvalue weighted by molar-refractivity contribution is 6.10. The molecule has 0 bridgehead atoms. The molecule has 1 aliphatic heterocycles. The number of hydrogen-bond donors (Lipinski definition) is 2. The van der Waals surface area contributed by atoms with Crippen LogP contribution < -0.4 is 15.5 Å². The first kappa shape index (κ1) is 21.8. The second kappa shape index (κ2) is 9.40. The van der Waals surface area contributed by atoms with E-state index in [0.29, 0.717) is 33.8 Å². The van der Waals surface area contributed by atoms with Crippen molar-refractivity contribution in [3.63, 3.8) is 0 Å². The zero-order chi connectivity index (χ0) is 23.4. The maximum atomic E-state index is 13.4. The van der Waals surface area contributed by atoms with E-state index in [2.05, 4.69) is 10.6 Å². The SMILES string of the molecule is COC(=O)c1ccc([C@@H]2NC(=O)N(c3ccccc3)C(C)=C2C(=O)Nc2ccccc2)cc1. The van der Waals surface area contributed by atoms with Gasteiger partial charge in [-0.25, -0.2) is 9.59 Å². The molecule has 4 rings (SSSR count). The molecule has 0 aromatic heterocycles. The van der Waals surface area contributed by atoms with Crippen LogP contribution in [0.3, 0.4) is 0 Å². The lowest BCUT2D eigenvalue weighted by Crippen LogP contribution is -2.48. The van der Waals surface area contributed by atoms with Gasteiger partial charge in [0, 0.05) is 11.4 Å². The van der Waals surface area contributed by atoms with Crippen LogP contribution in [-0.2, 0) is 9.53 Å². The Hall–Kier alpha value is -4.39. The van der Waals surface area contributed by atoms with E-state index in [1.54, 1.807) is 55.5 Å². The highest BCUT2D eigenvalue weighted by Crippen LogP contribution is 2.34. The van der Waals surface area contributed by atoms with E-state index in [0.717, 1.165) is 0 Å². The summed E-state index contributed by atoms with van der Waals surface area (Å²) in [4.78, 5) is 39.9. The molecule has 0 aliphatic carbocycles. The number of rotatable bonds is 5. The molecule has 3 aromatic rings. The van der Waals surface area contributed by atoms with Gasteiger partial charge in [0.15, 0.2) is 0 Å². The Bertz CT molecular complexity index is 1210. The van der Waals surface area contributed by atoms with Crippen molar-refractivity contribution in [3.05, 3.63) is 107 Å². The van der Waals surface area contributed by atoms with Crippen molar-refractivity contribution in [1.82, 2.24) is 5.32 Å². The molecule has 0 spiro atoms. The number of hydrogen-bond acceptors (Lipinski definition) is 4. The largest absolute Gasteiger partial charge is 0.465 e. The van der Waals surface area contributed by atoms with Gasteiger partial charge >= 0.3 is 12.0 Å². The van der Waals surface area contributed by atoms with Gasteiger partial charge in [-0.15, -0.1) is 0 Å². The van der Waals surface area contributed by atoms with Gasteiger partial charge in [0.1, 0.15) is 0 Å². The van der Waals surface area contributed by atoms with E-state index in [-0.39, 0.29) is 11.9 Å². The minimum atomic E-state index is -0.701. The molecular formula is C26H23N3O4. The van der Waals surface area contributed by atoms with Crippen molar-refractivity contribution in [1.29, 1.82) is 0 Å². The molecule has 3 aromatic carbocycles. The van der Waals surface area contributed by atoms with E-state index in [1.165, 1.54) is 12.0 Å². The fourth-order valence-electron chi connectivity index (χ4n) is 3.82. The van der Waals surface area contributed by atoms with Gasteiger partial charge in [-0.05, 0) is 48.9 Å². The van der Waals surface area contributed by atoms with Crippen LogP contribution in [0.1, 0.15) is 28.9 Å². The lowest BCUT2D eigenvalue weighted by Gasteiger charge is -2.35. The third-order valence-electron chi connectivity index (χ3n) is 5.44. The van der Waals surface area contributed by atoms with Gasteiger partial charge in [0.2, 0.25) is 0 Å². The highest BCUT2D eigenvalue weighted by Gasteiger charge is 2.36. The van der Waals surface area contributed by atoms with Crippen molar-refractivity contribution < 1.29 is 19.1 Å². The van der Waals surface area contributed by atoms with Gasteiger partial charge in [-0.2, -0.15) is 0 Å². The minimum absolute atomic E-state index is 0.332. The molecule has 1 heterocycles. The molecule has 0 saturated carbocycles. The third-order valence-corrected chi connectivity index (χ3v) is 5.44. The number of nitrogens with zero attached hydrogens (tertiary/aromatic N) is 1. The first-order chi connectivity index (χ1) is 16.0. The summed E-state index contributed by atoms with van der Waals surface area (Å²) in [5.74, 6) is -0.792. The van der Waals surface area contributed by atoms with Crippen LogP contribution in [-0.4, -0.2) is 25.0 Å². The van der Waals surface area contributed by atoms with E-state index >= 15 is 0 Å². The molecule has 1 atom stereocenters. The fourth-order valence-corrected chi connectivity index (χ4v) is 3.82. The molecule has 7 nitrogen and oxygen atoms in total. The third kappa shape index (κ3) is 4.48. The minimum Gasteiger partial charge on any atom is -0.465 e. The number of amides is 3. The summed E-state index contributed by atoms with van der Waals surface area (Å²) >= 11 is 0. The number of para-hydroxylation sites is 2. The number of allylic oxidation sites excluding steroid dienone is 1. The summed E-state index contributed by atoms with van der Waals surface area (Å²) in [5.41, 5.74) is 3.25. The summed E-state index contributed by atoms with van der Waals surface area (Å²) in [6.07, 6.45) is 0. The van der Waals surface area contributed by atoms with E-state index in [4.69, 9.17) is 4.74 Å². The lowest BCUT2D eigenvalue weighted by molar-refractivity contribution is -0.113. The Balaban J connectivity index is 1.77. The normalized spacial score (nSPS) is 15.6. The Labute approximate surface area is 191 Å². The molecule has 2 N–H and O–H groups in total. The summed E-state index contributed by atoms with van der Waals surface area (Å²) < 4.78 is 4.76. The van der Waals surface area contributed by atoms with Gasteiger partial charge in [0.05, 0.1) is 30.0 Å². The number of ether oxygens (including phenoxy) is 1. The number of carbonyl (C=O) groups is 3. The number of carbonyl (C=O) groups excluding carboxylic acids is 3. The monoisotopic (exact) mass is 441 g/mol. The molecule has 0 saturated heterocycles. The highest BCUT2D eigenvalue weighted by atomic mass is 16.5. The Morgan fingerprint density at radius 3 is 2.12 bits per heavy atom. The summed E-state index contributed by atoms with van der Waals surface area (Å²) in [6, 6.07) is 23.8. The zero-order valence-electron chi connectivity index (χ0n) is 18.2. The van der Waals surface area contributed by atoms with Gasteiger partial charge < -0.3 is 15.4 Å². The molecule has 166 valence electrons. The smallest absolute Gasteiger partial charge is 0.337 e. The van der Waals surface area contributed by atoms with E-state index < -0.39 is 12.0 Å². The van der Waals surface area contributed by atoms with Crippen LogP contribution in [0, 0.1) is 0 Å². The number of benzene rings is 3. The maximum absolute atomic E-state index is 13.4. The molecule has 0 radical (unpaired) electrons. The topological polar surface area (TPSA) is 87.7 Å². The number of urea groups is 1. The first-order valence-electron chi connectivity index (χ1n) is 10.4. The summed E-state index contributed by atoms with van der Waals surface area (Å²) in [7, 11) is 1.31. The summed E-state index contributed by atoms with van der Waals surface area (Å²) in [5, 5.41) is 5.86. The Kier molecular flexibility index (Phi) is 6.22. The Morgan fingerprint density at radius 1 is 0.909 bits per heavy atom. The van der Waals surface area contributed by atoms with Gasteiger partial charge in [-0.3, -0.25) is 9.69 Å². The predicted molar refractivity (Wildman–Crippen MR) is 126 cm³/mol. The van der Waals surface area contributed by atoms with Crippen LogP contribution in [0.25, 0.3) is 0 Å². The van der Waals surface area contributed by atoms with Crippen LogP contribution in [0.15, 0.2) is 96.2 Å². The molecule has 1 aliphatic rings. The lowest BCUT2D eigenvalue weighted by atomic mass is 9.93. The number of methoxy groups -OCH3 is 1. The average Bonchev–Trinajstić information content (AvgIpc) is 2.84. The van der Waals surface area contributed by atoms with Crippen molar-refractivity contribution in [2.75, 3.05) is 17.3 Å².